The van der Waals surface area contributed by atoms with Gasteiger partial charge >= 0.3 is 0 Å². The number of aliphatic hydroxyl groups is 3. The summed E-state index contributed by atoms with van der Waals surface area (Å²) in [5, 5.41) is 48.1. The number of H-pyrrole nitrogens is 1. The number of benzene rings is 1. The first-order valence-electron chi connectivity index (χ1n) is 12.8. The second-order valence-corrected chi connectivity index (χ2v) is 10.5. The first kappa shape index (κ1) is 25.3. The number of ether oxygens (including phenoxy) is 1. The Morgan fingerprint density at radius 2 is 1.92 bits per heavy atom. The molecule has 1 aromatic heterocycles. The molecule has 204 valence electrons. The summed E-state index contributed by atoms with van der Waals surface area (Å²) in [6, 6.07) is 1.63. The number of rotatable bonds is 4. The van der Waals surface area contributed by atoms with Gasteiger partial charge in [-0.05, 0) is 49.3 Å². The molecule has 0 bridgehead atoms. The fourth-order valence-electron chi connectivity index (χ4n) is 6.62. The summed E-state index contributed by atoms with van der Waals surface area (Å²) in [6.07, 6.45) is 4.53. The summed E-state index contributed by atoms with van der Waals surface area (Å²) in [7, 11) is 0. The highest BCUT2D eigenvalue weighted by Crippen LogP contribution is 2.53. The molecule has 12 heteroatoms. The molecule has 4 aliphatic rings. The largest absolute Gasteiger partial charge is 0.508 e. The maximum absolute atomic E-state index is 14.0. The predicted molar refractivity (Wildman–Crippen MR) is 135 cm³/mol. The Balaban J connectivity index is 1.51. The number of nitrogens with one attached hydrogen (secondary N) is 2. The lowest BCUT2D eigenvalue weighted by molar-refractivity contribution is -0.150. The van der Waals surface area contributed by atoms with Gasteiger partial charge in [-0.2, -0.15) is 0 Å². The lowest BCUT2D eigenvalue weighted by atomic mass is 9.57. The third-order valence-corrected chi connectivity index (χ3v) is 8.47. The third-order valence-electron chi connectivity index (χ3n) is 8.47. The zero-order chi connectivity index (χ0) is 27.6. The monoisotopic (exact) mass is 536 g/mol. The topological polar surface area (TPSA) is 208 Å². The second kappa shape index (κ2) is 9.04. The molecule has 12 nitrogen and oxygen atoms in total. The van der Waals surface area contributed by atoms with Crippen LogP contribution >= 0.6 is 0 Å². The first-order chi connectivity index (χ1) is 18.6. The van der Waals surface area contributed by atoms with Gasteiger partial charge in [0.2, 0.25) is 5.78 Å². The van der Waals surface area contributed by atoms with Crippen LogP contribution < -0.4 is 11.1 Å². The Morgan fingerprint density at radius 1 is 1.18 bits per heavy atom. The number of fused-ring (bicyclic) bond motifs is 3. The van der Waals surface area contributed by atoms with Crippen molar-refractivity contribution in [1.29, 1.82) is 0 Å². The van der Waals surface area contributed by atoms with Crippen molar-refractivity contribution < 1.29 is 39.5 Å². The summed E-state index contributed by atoms with van der Waals surface area (Å²) in [6.45, 7) is 0.908. The van der Waals surface area contributed by atoms with Gasteiger partial charge in [0.1, 0.15) is 28.7 Å². The van der Waals surface area contributed by atoms with Crippen molar-refractivity contribution in [2.75, 3.05) is 13.2 Å². The van der Waals surface area contributed by atoms with Gasteiger partial charge in [0, 0.05) is 48.7 Å². The van der Waals surface area contributed by atoms with Gasteiger partial charge in [-0.1, -0.05) is 0 Å². The average Bonchev–Trinajstić information content (AvgIpc) is 3.44. The van der Waals surface area contributed by atoms with E-state index in [2.05, 4.69) is 15.3 Å². The number of primary amides is 1. The normalized spacial score (nSPS) is 29.2. The van der Waals surface area contributed by atoms with E-state index in [4.69, 9.17) is 10.5 Å². The highest BCUT2D eigenvalue weighted by molar-refractivity contribution is 6.24. The molecule has 1 saturated carbocycles. The molecule has 1 saturated heterocycles. The van der Waals surface area contributed by atoms with Crippen LogP contribution in [0, 0.1) is 11.8 Å². The maximum atomic E-state index is 14.0. The van der Waals surface area contributed by atoms with Crippen LogP contribution in [0.15, 0.2) is 41.4 Å². The van der Waals surface area contributed by atoms with Crippen molar-refractivity contribution in [3.05, 3.63) is 52.6 Å². The van der Waals surface area contributed by atoms with Crippen molar-refractivity contribution in [3.8, 4) is 17.1 Å². The van der Waals surface area contributed by atoms with Crippen LogP contribution in [0.1, 0.15) is 30.4 Å². The molecular formula is C27H28N4O8. The molecule has 2 aromatic rings. The van der Waals surface area contributed by atoms with E-state index in [0.717, 1.165) is 0 Å². The number of imidazole rings is 1. The molecule has 3 aliphatic carbocycles. The lowest BCUT2D eigenvalue weighted by Crippen LogP contribution is -2.67. The number of amides is 1. The smallest absolute Gasteiger partial charge is 0.255 e. The van der Waals surface area contributed by atoms with Gasteiger partial charge in [0.15, 0.2) is 11.4 Å². The number of carbonyl (C=O) groups is 3. The Labute approximate surface area is 222 Å². The Hall–Kier alpha value is -4.00. The Kier molecular flexibility index (Phi) is 5.86. The van der Waals surface area contributed by atoms with Crippen LogP contribution in [0.5, 0.6) is 5.75 Å². The van der Waals surface area contributed by atoms with Crippen LogP contribution in [-0.2, 0) is 25.5 Å². The number of hydrogen-bond acceptors (Lipinski definition) is 10. The van der Waals surface area contributed by atoms with E-state index in [1.807, 2.05) is 0 Å². The van der Waals surface area contributed by atoms with Crippen LogP contribution in [0.4, 0.5) is 0 Å². The summed E-state index contributed by atoms with van der Waals surface area (Å²) in [5.74, 6) is -6.36. The van der Waals surface area contributed by atoms with Crippen LogP contribution in [0.2, 0.25) is 0 Å². The van der Waals surface area contributed by atoms with Crippen molar-refractivity contribution in [2.24, 2.45) is 17.6 Å². The molecule has 39 heavy (non-hydrogen) atoms. The summed E-state index contributed by atoms with van der Waals surface area (Å²) in [5.41, 5.74) is 2.88. The fourth-order valence-corrected chi connectivity index (χ4v) is 6.62. The number of aromatic hydroxyl groups is 1. The van der Waals surface area contributed by atoms with E-state index in [0.29, 0.717) is 43.0 Å². The minimum absolute atomic E-state index is 0.0110. The average molecular weight is 537 g/mol. The summed E-state index contributed by atoms with van der Waals surface area (Å²) < 4.78 is 5.39. The van der Waals surface area contributed by atoms with Crippen molar-refractivity contribution >= 4 is 23.2 Å². The zero-order valence-corrected chi connectivity index (χ0v) is 20.8. The number of carbonyl (C=O) groups excluding carboxylic acids is 3. The molecule has 6 rings (SSSR count). The highest BCUT2D eigenvalue weighted by Gasteiger charge is 2.64. The lowest BCUT2D eigenvalue weighted by Gasteiger charge is -2.49. The Morgan fingerprint density at radius 3 is 2.59 bits per heavy atom. The minimum Gasteiger partial charge on any atom is -0.508 e. The van der Waals surface area contributed by atoms with Gasteiger partial charge in [0.25, 0.3) is 5.91 Å². The molecular weight excluding hydrogens is 508 g/mol. The van der Waals surface area contributed by atoms with Crippen LogP contribution in [0.25, 0.3) is 17.1 Å². The van der Waals surface area contributed by atoms with Crippen molar-refractivity contribution in [2.45, 2.75) is 43.4 Å². The number of Topliss-reactive ketones (excluding diaryl/α,β-unsaturated/α-hetero) is 2. The van der Waals surface area contributed by atoms with E-state index in [-0.39, 0.29) is 35.8 Å². The van der Waals surface area contributed by atoms with E-state index in [1.54, 1.807) is 18.5 Å². The molecule has 8 N–H and O–H groups in total. The number of ketones is 2. The van der Waals surface area contributed by atoms with Crippen molar-refractivity contribution in [1.82, 2.24) is 15.3 Å². The molecule has 1 aromatic carbocycles. The van der Waals surface area contributed by atoms with E-state index < -0.39 is 58.0 Å². The number of phenolic OH excluding ortho intramolecular Hbond substituents is 1. The zero-order valence-electron chi connectivity index (χ0n) is 20.8. The van der Waals surface area contributed by atoms with Crippen LogP contribution in [0.3, 0.4) is 0 Å². The summed E-state index contributed by atoms with van der Waals surface area (Å²) in [4.78, 5) is 47.0. The predicted octanol–water partition coefficient (Wildman–Crippen LogP) is 0.561. The Bertz CT molecular complexity index is 1460. The fraction of sp³-hybridized carbons (Fsp3) is 0.407. The van der Waals surface area contributed by atoms with Gasteiger partial charge < -0.3 is 41.2 Å². The number of nitrogens with zero attached hydrogens (tertiary/aromatic N) is 1. The molecule has 2 heterocycles. The van der Waals surface area contributed by atoms with Gasteiger partial charge in [0.05, 0.1) is 11.6 Å². The SMILES string of the molecule is NC(=O)C1=C(O)[C@@]2(O)C(=O)C3=C(O)c4c(O)ccc(-c5ncc[nH]5)c4C[C@H]3C[C@H]2[C@@H](NC2CCOCC2)C1=O. The maximum Gasteiger partial charge on any atom is 0.255 e. The van der Waals surface area contributed by atoms with Crippen molar-refractivity contribution in [3.63, 3.8) is 0 Å². The molecule has 0 spiro atoms. The molecule has 4 atom stereocenters. The molecule has 1 amide bonds. The number of hydrogen-bond donors (Lipinski definition) is 7. The number of phenols is 1. The molecule has 1 aliphatic heterocycles. The number of aromatic amines is 1. The van der Waals surface area contributed by atoms with Gasteiger partial charge in [-0.25, -0.2) is 4.98 Å². The molecule has 0 unspecified atom stereocenters. The third kappa shape index (κ3) is 3.63. The van der Waals surface area contributed by atoms with Gasteiger partial charge in [-0.15, -0.1) is 0 Å². The molecule has 2 fully saturated rings. The standard InChI is InChI=1S/C27H28N4O8/c28-25(37)19-22(34)20(31-12-3-7-39-8-4-12)15-10-11-9-14-13(26-29-5-6-30-26)1-2-16(32)18(14)21(33)17(11)23(35)27(15,38)24(19)36/h1-2,5-6,11-12,15,20,31-33,36,38H,3-4,7-10H2,(H2,28,37)(H,29,30)/t11-,15-,20+,27-/m0/s1. The molecule has 0 radical (unpaired) electrons. The highest BCUT2D eigenvalue weighted by atomic mass is 16.5. The van der Waals surface area contributed by atoms with Crippen LogP contribution in [-0.4, -0.2) is 78.8 Å². The number of aromatic nitrogens is 2. The minimum atomic E-state index is -2.69. The van der Waals surface area contributed by atoms with Gasteiger partial charge in [-0.3, -0.25) is 14.4 Å². The van der Waals surface area contributed by atoms with E-state index in [9.17, 15) is 34.8 Å². The van der Waals surface area contributed by atoms with E-state index in [1.165, 1.54) is 6.07 Å². The first-order valence-corrected chi connectivity index (χ1v) is 12.8. The number of aliphatic hydroxyl groups excluding tert-OH is 2. The quantitative estimate of drug-likeness (QED) is 0.270. The van der Waals surface area contributed by atoms with E-state index >= 15 is 0 Å². The number of nitrogens with two attached hydrogens (primary N) is 1. The summed E-state index contributed by atoms with van der Waals surface area (Å²) >= 11 is 0. The second-order valence-electron chi connectivity index (χ2n) is 10.5.